The quantitative estimate of drug-likeness (QED) is 0.806. The maximum absolute atomic E-state index is 11.6. The second-order valence-corrected chi connectivity index (χ2v) is 5.44. The van der Waals surface area contributed by atoms with Gasteiger partial charge >= 0.3 is 5.97 Å². The van der Waals surface area contributed by atoms with E-state index in [0.29, 0.717) is 5.88 Å². The van der Waals surface area contributed by atoms with E-state index in [1.165, 1.54) is 0 Å². The Morgan fingerprint density at radius 2 is 2.12 bits per heavy atom. The summed E-state index contributed by atoms with van der Waals surface area (Å²) in [6.45, 7) is 5.52. The molecule has 0 aliphatic rings. The topological polar surface area (TPSA) is 48.4 Å². The minimum Gasteiger partial charge on any atom is -0.481 e. The second kappa shape index (κ2) is 5.49. The summed E-state index contributed by atoms with van der Waals surface area (Å²) in [5.41, 5.74) is 0.309. The summed E-state index contributed by atoms with van der Waals surface area (Å²) in [7, 11) is 1.54. The summed E-state index contributed by atoms with van der Waals surface area (Å²) in [4.78, 5) is 15.7. The van der Waals surface area contributed by atoms with E-state index in [1.807, 2.05) is 20.8 Å². The third kappa shape index (κ3) is 4.73. The van der Waals surface area contributed by atoms with Gasteiger partial charge in [0, 0.05) is 16.7 Å². The van der Waals surface area contributed by atoms with Gasteiger partial charge in [0.1, 0.15) is 5.60 Å². The van der Waals surface area contributed by atoms with Crippen LogP contribution in [0.3, 0.4) is 0 Å². The molecule has 0 unspecified atom stereocenters. The van der Waals surface area contributed by atoms with E-state index in [1.54, 1.807) is 19.4 Å². The number of hydrogen-bond acceptors (Lipinski definition) is 4. The molecular weight excluding hydrogens is 286 g/mol. The number of carbonyl (C=O) groups excluding carboxylic acids is 1. The van der Waals surface area contributed by atoms with E-state index in [0.717, 1.165) is 10.0 Å². The van der Waals surface area contributed by atoms with Crippen molar-refractivity contribution in [2.75, 3.05) is 7.11 Å². The van der Waals surface area contributed by atoms with Crippen molar-refractivity contribution < 1.29 is 14.3 Å². The van der Waals surface area contributed by atoms with E-state index in [9.17, 15) is 4.79 Å². The van der Waals surface area contributed by atoms with Crippen LogP contribution in [0.15, 0.2) is 16.7 Å². The van der Waals surface area contributed by atoms with Crippen molar-refractivity contribution in [2.45, 2.75) is 32.8 Å². The number of ether oxygens (including phenoxy) is 2. The van der Waals surface area contributed by atoms with E-state index in [-0.39, 0.29) is 12.4 Å². The van der Waals surface area contributed by atoms with Crippen LogP contribution in [0.2, 0.25) is 0 Å². The van der Waals surface area contributed by atoms with Crippen LogP contribution in [0.5, 0.6) is 5.88 Å². The van der Waals surface area contributed by atoms with Crippen LogP contribution in [-0.2, 0) is 16.0 Å². The van der Waals surface area contributed by atoms with Gasteiger partial charge in [0.05, 0.1) is 13.5 Å². The Balaban J connectivity index is 2.72. The molecule has 5 heteroatoms. The average molecular weight is 302 g/mol. The van der Waals surface area contributed by atoms with E-state index >= 15 is 0 Å². The standard InChI is InChI=1S/C12H16BrNO3/c1-12(2,3)17-11(15)5-8-7-14-10(16-4)6-9(8)13/h6-7H,5H2,1-4H3. The van der Waals surface area contributed by atoms with Crippen LogP contribution in [0.25, 0.3) is 0 Å². The summed E-state index contributed by atoms with van der Waals surface area (Å²) >= 11 is 3.37. The molecule has 0 spiro atoms. The number of nitrogens with zero attached hydrogens (tertiary/aromatic N) is 1. The molecule has 17 heavy (non-hydrogen) atoms. The predicted octanol–water partition coefficient (Wildman–Crippen LogP) is 2.74. The maximum atomic E-state index is 11.6. The zero-order valence-corrected chi connectivity index (χ0v) is 12.0. The molecule has 0 saturated heterocycles. The third-order valence-electron chi connectivity index (χ3n) is 1.87. The summed E-state index contributed by atoms with van der Waals surface area (Å²) < 4.78 is 11.0. The maximum Gasteiger partial charge on any atom is 0.310 e. The summed E-state index contributed by atoms with van der Waals surface area (Å²) in [6, 6.07) is 1.72. The molecule has 4 nitrogen and oxygen atoms in total. The molecular formula is C12H16BrNO3. The number of hydrogen-bond donors (Lipinski definition) is 0. The molecule has 0 fully saturated rings. The highest BCUT2D eigenvalue weighted by atomic mass is 79.9. The zero-order valence-electron chi connectivity index (χ0n) is 10.4. The lowest BCUT2D eigenvalue weighted by Crippen LogP contribution is -2.25. The lowest BCUT2D eigenvalue weighted by atomic mass is 10.1. The first-order chi connectivity index (χ1) is 7.81. The Morgan fingerprint density at radius 1 is 1.47 bits per heavy atom. The van der Waals surface area contributed by atoms with Crippen LogP contribution < -0.4 is 4.74 Å². The largest absolute Gasteiger partial charge is 0.481 e. The Hall–Kier alpha value is -1.10. The first-order valence-electron chi connectivity index (χ1n) is 5.22. The zero-order chi connectivity index (χ0) is 13.1. The SMILES string of the molecule is COc1cc(Br)c(CC(=O)OC(C)(C)C)cn1. The Morgan fingerprint density at radius 3 is 2.59 bits per heavy atom. The molecule has 0 atom stereocenters. The molecule has 0 amide bonds. The fourth-order valence-electron chi connectivity index (χ4n) is 1.22. The van der Waals surface area contributed by atoms with Gasteiger partial charge in [-0.1, -0.05) is 15.9 Å². The van der Waals surface area contributed by atoms with Gasteiger partial charge in [0.25, 0.3) is 0 Å². The predicted molar refractivity (Wildman–Crippen MR) is 68.0 cm³/mol. The molecule has 0 saturated carbocycles. The fraction of sp³-hybridized carbons (Fsp3) is 0.500. The van der Waals surface area contributed by atoms with Crippen LogP contribution in [0.4, 0.5) is 0 Å². The van der Waals surface area contributed by atoms with Gasteiger partial charge < -0.3 is 9.47 Å². The van der Waals surface area contributed by atoms with Gasteiger partial charge in [-0.05, 0) is 26.3 Å². The van der Waals surface area contributed by atoms with Crippen molar-refractivity contribution in [3.05, 3.63) is 22.3 Å². The third-order valence-corrected chi connectivity index (χ3v) is 2.61. The first kappa shape index (κ1) is 14.0. The number of esters is 1. The van der Waals surface area contributed by atoms with Gasteiger partial charge in [-0.15, -0.1) is 0 Å². The molecule has 1 rings (SSSR count). The highest BCUT2D eigenvalue weighted by Crippen LogP contribution is 2.21. The Labute approximate surface area is 109 Å². The van der Waals surface area contributed by atoms with E-state index in [4.69, 9.17) is 9.47 Å². The van der Waals surface area contributed by atoms with Gasteiger partial charge in [0.15, 0.2) is 0 Å². The summed E-state index contributed by atoms with van der Waals surface area (Å²) in [6.07, 6.45) is 1.79. The number of aromatic nitrogens is 1. The Kier molecular flexibility index (Phi) is 4.51. The normalized spacial score (nSPS) is 11.1. The molecule has 0 bridgehead atoms. The van der Waals surface area contributed by atoms with Crippen LogP contribution >= 0.6 is 15.9 Å². The minimum atomic E-state index is -0.469. The highest BCUT2D eigenvalue weighted by Gasteiger charge is 2.17. The van der Waals surface area contributed by atoms with Crippen LogP contribution in [0.1, 0.15) is 26.3 Å². The van der Waals surface area contributed by atoms with E-state index in [2.05, 4.69) is 20.9 Å². The molecule has 0 aromatic carbocycles. The van der Waals surface area contributed by atoms with Crippen molar-refractivity contribution in [2.24, 2.45) is 0 Å². The monoisotopic (exact) mass is 301 g/mol. The minimum absolute atomic E-state index is 0.189. The molecule has 94 valence electrons. The van der Waals surface area contributed by atoms with Crippen LogP contribution in [-0.4, -0.2) is 23.7 Å². The van der Waals surface area contributed by atoms with Gasteiger partial charge in [-0.2, -0.15) is 0 Å². The Bertz CT molecular complexity index is 413. The second-order valence-electron chi connectivity index (χ2n) is 4.58. The van der Waals surface area contributed by atoms with Crippen molar-refractivity contribution in [1.82, 2.24) is 4.98 Å². The van der Waals surface area contributed by atoms with Crippen molar-refractivity contribution in [1.29, 1.82) is 0 Å². The van der Waals surface area contributed by atoms with Crippen molar-refractivity contribution in [3.8, 4) is 5.88 Å². The molecule has 1 heterocycles. The van der Waals surface area contributed by atoms with Crippen LogP contribution in [0, 0.1) is 0 Å². The molecule has 0 aliphatic carbocycles. The molecule has 0 N–H and O–H groups in total. The number of carbonyl (C=O) groups is 1. The first-order valence-corrected chi connectivity index (χ1v) is 6.01. The van der Waals surface area contributed by atoms with Crippen molar-refractivity contribution >= 4 is 21.9 Å². The van der Waals surface area contributed by atoms with Gasteiger partial charge in [-0.25, -0.2) is 4.98 Å². The lowest BCUT2D eigenvalue weighted by molar-refractivity contribution is -0.153. The summed E-state index contributed by atoms with van der Waals surface area (Å²) in [5, 5.41) is 0. The smallest absolute Gasteiger partial charge is 0.310 e. The highest BCUT2D eigenvalue weighted by molar-refractivity contribution is 9.10. The average Bonchev–Trinajstić information content (AvgIpc) is 2.18. The van der Waals surface area contributed by atoms with Crippen molar-refractivity contribution in [3.63, 3.8) is 0 Å². The van der Waals surface area contributed by atoms with Gasteiger partial charge in [-0.3, -0.25) is 4.79 Å². The summed E-state index contributed by atoms with van der Waals surface area (Å²) in [5.74, 6) is 0.231. The molecule has 1 aromatic rings. The number of halogens is 1. The lowest BCUT2D eigenvalue weighted by Gasteiger charge is -2.19. The molecule has 0 radical (unpaired) electrons. The fourth-order valence-corrected chi connectivity index (χ4v) is 1.65. The van der Waals surface area contributed by atoms with Gasteiger partial charge in [0.2, 0.25) is 5.88 Å². The number of methoxy groups -OCH3 is 1. The number of rotatable bonds is 3. The number of pyridine rings is 1. The molecule has 1 aromatic heterocycles. The molecule has 0 aliphatic heterocycles. The van der Waals surface area contributed by atoms with E-state index < -0.39 is 5.60 Å².